The Bertz CT molecular complexity index is 1360. The van der Waals surface area contributed by atoms with Gasteiger partial charge < -0.3 is 39.4 Å². The highest BCUT2D eigenvalue weighted by atomic mass is 16.5. The maximum Gasteiger partial charge on any atom is 0.328 e. The summed E-state index contributed by atoms with van der Waals surface area (Å²) in [7, 11) is 2.84. The summed E-state index contributed by atoms with van der Waals surface area (Å²) in [4.78, 5) is 50.3. The van der Waals surface area contributed by atoms with Gasteiger partial charge in [0.2, 0.25) is 11.8 Å². The third-order valence-electron chi connectivity index (χ3n) is 6.45. The van der Waals surface area contributed by atoms with E-state index in [0.29, 0.717) is 28.2 Å². The smallest absolute Gasteiger partial charge is 0.328 e. The van der Waals surface area contributed by atoms with E-state index < -0.39 is 47.9 Å². The van der Waals surface area contributed by atoms with Gasteiger partial charge in [0.25, 0.3) is 0 Å². The zero-order valence-electron chi connectivity index (χ0n) is 24.4. The van der Waals surface area contributed by atoms with Gasteiger partial charge in [-0.2, -0.15) is 0 Å². The predicted octanol–water partition coefficient (Wildman–Crippen LogP) is 2.78. The number of benzene rings is 2. The van der Waals surface area contributed by atoms with E-state index in [1.807, 2.05) is 0 Å². The molecule has 0 unspecified atom stereocenters. The topological polar surface area (TPSA) is 159 Å². The van der Waals surface area contributed by atoms with Crippen molar-refractivity contribution in [3.63, 3.8) is 0 Å². The van der Waals surface area contributed by atoms with Gasteiger partial charge in [-0.15, -0.1) is 0 Å². The monoisotopic (exact) mass is 584 g/mol. The summed E-state index contributed by atoms with van der Waals surface area (Å²) >= 11 is 0. The standard InChI is InChI=1S/C30H36N2O10/c1-7-40-29(36)16(3)31-24(34)12-9-18-13-20-25(28(35)32-17(4)30(37)41-8-2)26(42-27(20)23(14-18)39-6)19-10-11-21(33)22(15-19)38-5/h9-17,25-26,33H,7-8H2,1-6H3,(H,31,34)(H,32,35)/b12-9+/t16-,17-,25+,26-/m0/s1. The Balaban J connectivity index is 2.00. The van der Waals surface area contributed by atoms with E-state index in [0.717, 1.165) is 0 Å². The molecule has 12 heteroatoms. The molecule has 1 aliphatic heterocycles. The average Bonchev–Trinajstić information content (AvgIpc) is 3.35. The molecule has 12 nitrogen and oxygen atoms in total. The van der Waals surface area contributed by atoms with Gasteiger partial charge in [0.1, 0.15) is 24.1 Å². The van der Waals surface area contributed by atoms with E-state index in [4.69, 9.17) is 23.7 Å². The highest BCUT2D eigenvalue weighted by Gasteiger charge is 2.43. The second kappa shape index (κ2) is 14.2. The molecule has 1 heterocycles. The lowest BCUT2D eigenvalue weighted by Gasteiger charge is -2.21. The van der Waals surface area contributed by atoms with Crippen LogP contribution in [0, 0.1) is 0 Å². The van der Waals surface area contributed by atoms with Crippen LogP contribution in [0.2, 0.25) is 0 Å². The number of hydrogen-bond acceptors (Lipinski definition) is 10. The minimum absolute atomic E-state index is 0.0887. The fourth-order valence-electron chi connectivity index (χ4n) is 4.41. The van der Waals surface area contributed by atoms with Crippen LogP contribution in [-0.4, -0.2) is 68.4 Å². The lowest BCUT2D eigenvalue weighted by molar-refractivity contribution is -0.147. The van der Waals surface area contributed by atoms with E-state index in [-0.39, 0.29) is 24.7 Å². The molecule has 226 valence electrons. The molecule has 0 fully saturated rings. The molecule has 0 bridgehead atoms. The molecule has 3 rings (SSSR count). The van der Waals surface area contributed by atoms with Crippen molar-refractivity contribution in [3.8, 4) is 23.0 Å². The SMILES string of the molecule is CCOC(=O)[C@H](C)NC(=O)/C=C/c1cc(OC)c2c(c1)[C@@H](C(=O)N[C@@H](C)C(=O)OCC)[C@H](c1ccc(O)c(OC)c1)O2. The van der Waals surface area contributed by atoms with Gasteiger partial charge in [0, 0.05) is 11.6 Å². The van der Waals surface area contributed by atoms with Gasteiger partial charge in [-0.25, -0.2) is 9.59 Å². The van der Waals surface area contributed by atoms with Crippen molar-refractivity contribution in [1.29, 1.82) is 0 Å². The number of methoxy groups -OCH3 is 2. The molecule has 2 aromatic carbocycles. The molecule has 2 aromatic rings. The molecule has 0 spiro atoms. The molecule has 0 aliphatic carbocycles. The minimum Gasteiger partial charge on any atom is -0.504 e. The Kier molecular flexibility index (Phi) is 10.8. The quantitative estimate of drug-likeness (QED) is 0.250. The van der Waals surface area contributed by atoms with Crippen LogP contribution in [0.4, 0.5) is 0 Å². The van der Waals surface area contributed by atoms with Crippen LogP contribution < -0.4 is 24.8 Å². The number of aromatic hydroxyl groups is 1. The van der Waals surface area contributed by atoms with Gasteiger partial charge in [-0.3, -0.25) is 9.59 Å². The fraction of sp³-hybridized carbons (Fsp3) is 0.400. The number of phenols is 1. The normalized spacial score (nSPS) is 16.9. The molecule has 3 N–H and O–H groups in total. The zero-order valence-corrected chi connectivity index (χ0v) is 24.4. The average molecular weight is 585 g/mol. The number of phenolic OH excluding ortho intramolecular Hbond substituents is 1. The highest BCUT2D eigenvalue weighted by molar-refractivity contribution is 5.95. The molecule has 0 aromatic heterocycles. The highest BCUT2D eigenvalue weighted by Crippen LogP contribution is 2.52. The van der Waals surface area contributed by atoms with E-state index >= 15 is 0 Å². The van der Waals surface area contributed by atoms with Crippen LogP contribution in [0.25, 0.3) is 6.08 Å². The van der Waals surface area contributed by atoms with Crippen LogP contribution in [0.1, 0.15) is 56.4 Å². The second-order valence-electron chi connectivity index (χ2n) is 9.39. The molecule has 4 atom stereocenters. The number of nitrogens with one attached hydrogen (secondary N) is 2. The summed E-state index contributed by atoms with van der Waals surface area (Å²) in [5.41, 5.74) is 1.48. The second-order valence-corrected chi connectivity index (χ2v) is 9.39. The maximum absolute atomic E-state index is 13.7. The molecule has 42 heavy (non-hydrogen) atoms. The summed E-state index contributed by atoms with van der Waals surface area (Å²) in [5.74, 6) is -2.46. The summed E-state index contributed by atoms with van der Waals surface area (Å²) in [6.45, 7) is 6.71. The molecular formula is C30H36N2O10. The van der Waals surface area contributed by atoms with E-state index in [9.17, 15) is 24.3 Å². The summed E-state index contributed by atoms with van der Waals surface area (Å²) in [6.07, 6.45) is 1.86. The van der Waals surface area contributed by atoms with Gasteiger partial charge in [0.15, 0.2) is 23.0 Å². The van der Waals surface area contributed by atoms with Gasteiger partial charge in [-0.1, -0.05) is 6.07 Å². The molecule has 0 radical (unpaired) electrons. The van der Waals surface area contributed by atoms with Crippen molar-refractivity contribution < 1.29 is 48.0 Å². The van der Waals surface area contributed by atoms with Crippen LogP contribution in [-0.2, 0) is 28.7 Å². The summed E-state index contributed by atoms with van der Waals surface area (Å²) in [6, 6.07) is 6.11. The number of hydrogen-bond donors (Lipinski definition) is 3. The maximum atomic E-state index is 13.7. The largest absolute Gasteiger partial charge is 0.504 e. The number of carbonyl (C=O) groups excluding carboxylic acids is 4. The number of carbonyl (C=O) groups is 4. The number of rotatable bonds is 12. The Labute approximate surface area is 243 Å². The van der Waals surface area contributed by atoms with E-state index in [2.05, 4.69) is 10.6 Å². The van der Waals surface area contributed by atoms with Gasteiger partial charge in [0.05, 0.1) is 27.4 Å². The fourth-order valence-corrected chi connectivity index (χ4v) is 4.41. The zero-order chi connectivity index (χ0) is 31.0. The van der Waals surface area contributed by atoms with E-state index in [1.54, 1.807) is 38.1 Å². The van der Waals surface area contributed by atoms with Crippen LogP contribution in [0.3, 0.4) is 0 Å². The first-order valence-corrected chi connectivity index (χ1v) is 13.4. The first-order valence-electron chi connectivity index (χ1n) is 13.4. The number of amides is 2. The van der Waals surface area contributed by atoms with Crippen molar-refractivity contribution in [2.24, 2.45) is 0 Å². The number of esters is 2. The Morgan fingerprint density at radius 1 is 0.929 bits per heavy atom. The van der Waals surface area contributed by atoms with Crippen molar-refractivity contribution in [1.82, 2.24) is 10.6 Å². The van der Waals surface area contributed by atoms with Crippen molar-refractivity contribution in [2.75, 3.05) is 27.4 Å². The number of ether oxygens (including phenoxy) is 5. The molecule has 0 saturated carbocycles. The number of fused-ring (bicyclic) bond motifs is 1. The minimum atomic E-state index is -0.967. The summed E-state index contributed by atoms with van der Waals surface area (Å²) in [5, 5.41) is 15.3. The molecule has 0 saturated heterocycles. The van der Waals surface area contributed by atoms with Gasteiger partial charge >= 0.3 is 11.9 Å². The molecule has 1 aliphatic rings. The Morgan fingerprint density at radius 2 is 1.55 bits per heavy atom. The third kappa shape index (κ3) is 7.31. The van der Waals surface area contributed by atoms with Crippen molar-refractivity contribution >= 4 is 29.8 Å². The van der Waals surface area contributed by atoms with Crippen LogP contribution in [0.5, 0.6) is 23.0 Å². The lowest BCUT2D eigenvalue weighted by Crippen LogP contribution is -2.42. The first kappa shape index (κ1) is 31.8. The molecular weight excluding hydrogens is 548 g/mol. The van der Waals surface area contributed by atoms with Gasteiger partial charge in [-0.05, 0) is 69.2 Å². The predicted molar refractivity (Wildman–Crippen MR) is 151 cm³/mol. The molecule has 2 amide bonds. The van der Waals surface area contributed by atoms with Crippen LogP contribution in [0.15, 0.2) is 36.4 Å². The lowest BCUT2D eigenvalue weighted by atomic mass is 9.88. The first-order chi connectivity index (χ1) is 20.0. The Hall–Kier alpha value is -4.74. The Morgan fingerprint density at radius 3 is 2.14 bits per heavy atom. The van der Waals surface area contributed by atoms with E-state index in [1.165, 1.54) is 46.3 Å². The third-order valence-corrected chi connectivity index (χ3v) is 6.45. The van der Waals surface area contributed by atoms with Crippen LogP contribution >= 0.6 is 0 Å². The van der Waals surface area contributed by atoms with Crippen molar-refractivity contribution in [2.45, 2.75) is 51.8 Å². The van der Waals surface area contributed by atoms with Crippen molar-refractivity contribution in [3.05, 3.63) is 53.1 Å². The summed E-state index contributed by atoms with van der Waals surface area (Å²) < 4.78 is 27.0.